The van der Waals surface area contributed by atoms with Gasteiger partial charge in [-0.15, -0.1) is 0 Å². The molecule has 0 radical (unpaired) electrons. The number of likely N-dealkylation sites (N-methyl/N-ethyl adjacent to an activating group) is 2. The number of carbonyl (C=O) groups is 3. The highest BCUT2D eigenvalue weighted by Gasteiger charge is 2.31. The first-order valence-electron chi connectivity index (χ1n) is 12.3. The Kier molecular flexibility index (Phi) is 9.60. The summed E-state index contributed by atoms with van der Waals surface area (Å²) in [5.41, 5.74) is 1.43. The molecule has 2 aromatic rings. The maximum absolute atomic E-state index is 13.5. The monoisotopic (exact) mass is 511 g/mol. The summed E-state index contributed by atoms with van der Waals surface area (Å²) in [6.45, 7) is 5.05. The Hall–Kier alpha value is -3.50. The quantitative estimate of drug-likeness (QED) is 0.657. The molecular formula is C27H37N5O5. The van der Waals surface area contributed by atoms with Gasteiger partial charge in [0, 0.05) is 62.9 Å². The standard InChI is InChI=1S/C27H37N5O5/c1-18-14-32(26(34)20-9-11-28-12-10-20)19(2)17-37-23-13-21(29-25(33)16-30(3)4)7-8-22(23)27(35)31(5)15-24(18)36-6/h7-13,18-19,24H,14-17H2,1-6H3,(H,29,33)/t18-,19-,24-/m1/s1. The number of anilines is 1. The van der Waals surface area contributed by atoms with Gasteiger partial charge in [-0.3, -0.25) is 19.4 Å². The van der Waals surface area contributed by atoms with Crippen molar-refractivity contribution in [2.24, 2.45) is 5.92 Å². The lowest BCUT2D eigenvalue weighted by atomic mass is 10.0. The molecule has 10 heteroatoms. The van der Waals surface area contributed by atoms with Crippen molar-refractivity contribution in [2.45, 2.75) is 26.0 Å². The molecule has 2 heterocycles. The number of nitrogens with one attached hydrogen (secondary N) is 1. The normalized spacial score (nSPS) is 20.9. The van der Waals surface area contributed by atoms with Crippen LogP contribution in [0.1, 0.15) is 34.6 Å². The molecule has 1 N–H and O–H groups in total. The number of carbonyl (C=O) groups excluding carboxylic acids is 3. The predicted molar refractivity (Wildman–Crippen MR) is 141 cm³/mol. The van der Waals surface area contributed by atoms with E-state index < -0.39 is 0 Å². The Morgan fingerprint density at radius 3 is 2.51 bits per heavy atom. The first kappa shape index (κ1) is 28.1. The van der Waals surface area contributed by atoms with Crippen molar-refractivity contribution in [3.8, 4) is 5.75 Å². The summed E-state index contributed by atoms with van der Waals surface area (Å²) in [5.74, 6) is -0.243. The van der Waals surface area contributed by atoms with Crippen LogP contribution in [-0.4, -0.2) is 104 Å². The summed E-state index contributed by atoms with van der Waals surface area (Å²) in [5, 5.41) is 2.84. The van der Waals surface area contributed by atoms with E-state index in [1.807, 2.05) is 27.9 Å². The lowest BCUT2D eigenvalue weighted by Gasteiger charge is -2.36. The molecule has 3 amide bonds. The van der Waals surface area contributed by atoms with Crippen LogP contribution in [0.5, 0.6) is 5.75 Å². The van der Waals surface area contributed by atoms with Crippen LogP contribution < -0.4 is 10.1 Å². The van der Waals surface area contributed by atoms with Gasteiger partial charge >= 0.3 is 0 Å². The second kappa shape index (κ2) is 12.6. The number of fused-ring (bicyclic) bond motifs is 1. The second-order valence-corrected chi connectivity index (χ2v) is 9.79. The van der Waals surface area contributed by atoms with E-state index in [-0.39, 0.29) is 48.9 Å². The summed E-state index contributed by atoms with van der Waals surface area (Å²) in [6.07, 6.45) is 2.90. The molecule has 0 saturated carbocycles. The lowest BCUT2D eigenvalue weighted by molar-refractivity contribution is -0.116. The van der Waals surface area contributed by atoms with Crippen molar-refractivity contribution in [1.82, 2.24) is 19.7 Å². The number of hydrogen-bond acceptors (Lipinski definition) is 7. The highest BCUT2D eigenvalue weighted by Crippen LogP contribution is 2.27. The minimum atomic E-state index is -0.312. The highest BCUT2D eigenvalue weighted by molar-refractivity contribution is 5.99. The van der Waals surface area contributed by atoms with Crippen molar-refractivity contribution in [2.75, 3.05) is 59.8 Å². The van der Waals surface area contributed by atoms with Gasteiger partial charge in [0.15, 0.2) is 0 Å². The maximum Gasteiger partial charge on any atom is 0.257 e. The minimum Gasteiger partial charge on any atom is -0.491 e. The maximum atomic E-state index is 13.5. The molecule has 0 bridgehead atoms. The Morgan fingerprint density at radius 1 is 1.16 bits per heavy atom. The lowest BCUT2D eigenvalue weighted by Crippen LogP contribution is -2.48. The number of pyridine rings is 1. The zero-order valence-corrected chi connectivity index (χ0v) is 22.4. The van der Waals surface area contributed by atoms with Crippen molar-refractivity contribution >= 4 is 23.4 Å². The zero-order valence-electron chi connectivity index (χ0n) is 22.4. The average Bonchev–Trinajstić information content (AvgIpc) is 2.87. The molecule has 1 aromatic carbocycles. The van der Waals surface area contributed by atoms with Crippen LogP contribution in [0.15, 0.2) is 42.7 Å². The Balaban J connectivity index is 1.96. The summed E-state index contributed by atoms with van der Waals surface area (Å²) in [6, 6.07) is 8.06. The Labute approximate surface area is 218 Å². The number of nitrogens with zero attached hydrogens (tertiary/aromatic N) is 4. The van der Waals surface area contributed by atoms with Gasteiger partial charge in [0.25, 0.3) is 11.8 Å². The molecule has 1 aliphatic heterocycles. The van der Waals surface area contributed by atoms with E-state index in [9.17, 15) is 14.4 Å². The fraction of sp³-hybridized carbons (Fsp3) is 0.481. The van der Waals surface area contributed by atoms with Crippen LogP contribution in [0, 0.1) is 5.92 Å². The van der Waals surface area contributed by atoms with E-state index in [1.54, 1.807) is 71.6 Å². The number of ether oxygens (including phenoxy) is 2. The third-order valence-corrected chi connectivity index (χ3v) is 6.38. The molecule has 1 aromatic heterocycles. The minimum absolute atomic E-state index is 0.0540. The molecule has 0 saturated heterocycles. The van der Waals surface area contributed by atoms with Gasteiger partial charge in [0.2, 0.25) is 5.91 Å². The Bertz CT molecular complexity index is 1090. The molecule has 0 aliphatic carbocycles. The fourth-order valence-corrected chi connectivity index (χ4v) is 4.28. The third kappa shape index (κ3) is 7.27. The van der Waals surface area contributed by atoms with Crippen LogP contribution >= 0.6 is 0 Å². The molecule has 0 fully saturated rings. The van der Waals surface area contributed by atoms with Gasteiger partial charge < -0.3 is 29.5 Å². The van der Waals surface area contributed by atoms with E-state index >= 15 is 0 Å². The van der Waals surface area contributed by atoms with Gasteiger partial charge in [0.05, 0.1) is 24.3 Å². The SMILES string of the molecule is CO[C@@H]1CN(C)C(=O)c2ccc(NC(=O)CN(C)C)cc2OC[C@@H](C)N(C(=O)c2ccncc2)C[C@H]1C. The van der Waals surface area contributed by atoms with Crippen LogP contribution in [-0.2, 0) is 9.53 Å². The fourth-order valence-electron chi connectivity index (χ4n) is 4.28. The number of amides is 3. The smallest absolute Gasteiger partial charge is 0.257 e. The molecule has 0 spiro atoms. The van der Waals surface area contributed by atoms with Crippen molar-refractivity contribution in [3.05, 3.63) is 53.9 Å². The number of aromatic nitrogens is 1. The van der Waals surface area contributed by atoms with E-state index in [0.717, 1.165) is 0 Å². The van der Waals surface area contributed by atoms with Gasteiger partial charge in [-0.05, 0) is 45.3 Å². The van der Waals surface area contributed by atoms with Crippen LogP contribution in [0.3, 0.4) is 0 Å². The average molecular weight is 512 g/mol. The van der Waals surface area contributed by atoms with Crippen LogP contribution in [0.2, 0.25) is 0 Å². The zero-order chi connectivity index (χ0) is 27.1. The second-order valence-electron chi connectivity index (χ2n) is 9.79. The number of rotatable bonds is 5. The van der Waals surface area contributed by atoms with Gasteiger partial charge in [0.1, 0.15) is 12.4 Å². The molecule has 1 aliphatic rings. The van der Waals surface area contributed by atoms with Crippen LogP contribution in [0.4, 0.5) is 5.69 Å². The largest absolute Gasteiger partial charge is 0.491 e. The summed E-state index contributed by atoms with van der Waals surface area (Å²) < 4.78 is 11.9. The molecule has 37 heavy (non-hydrogen) atoms. The molecule has 3 atom stereocenters. The van der Waals surface area contributed by atoms with E-state index in [1.165, 1.54) is 0 Å². The predicted octanol–water partition coefficient (Wildman–Crippen LogP) is 2.23. The Morgan fingerprint density at radius 2 is 1.86 bits per heavy atom. The molecule has 0 unspecified atom stereocenters. The van der Waals surface area contributed by atoms with Crippen molar-refractivity contribution < 1.29 is 23.9 Å². The summed E-state index contributed by atoms with van der Waals surface area (Å²) in [4.78, 5) is 48.3. The first-order chi connectivity index (χ1) is 17.6. The number of benzene rings is 1. The summed E-state index contributed by atoms with van der Waals surface area (Å²) >= 11 is 0. The van der Waals surface area contributed by atoms with E-state index in [2.05, 4.69) is 10.3 Å². The topological polar surface area (TPSA) is 104 Å². The first-order valence-corrected chi connectivity index (χ1v) is 12.3. The van der Waals surface area contributed by atoms with Crippen molar-refractivity contribution in [1.29, 1.82) is 0 Å². The van der Waals surface area contributed by atoms with E-state index in [4.69, 9.17) is 9.47 Å². The third-order valence-electron chi connectivity index (χ3n) is 6.38. The van der Waals surface area contributed by atoms with Crippen molar-refractivity contribution in [3.63, 3.8) is 0 Å². The molecular weight excluding hydrogens is 474 g/mol. The molecule has 3 rings (SSSR count). The van der Waals surface area contributed by atoms with Crippen LogP contribution in [0.25, 0.3) is 0 Å². The highest BCUT2D eigenvalue weighted by atomic mass is 16.5. The number of methoxy groups -OCH3 is 1. The van der Waals surface area contributed by atoms with Gasteiger partial charge in [-0.25, -0.2) is 0 Å². The molecule has 200 valence electrons. The van der Waals surface area contributed by atoms with Gasteiger partial charge in [-0.2, -0.15) is 0 Å². The number of hydrogen-bond donors (Lipinski definition) is 1. The van der Waals surface area contributed by atoms with Gasteiger partial charge in [-0.1, -0.05) is 6.92 Å². The summed E-state index contributed by atoms with van der Waals surface area (Å²) in [7, 11) is 6.95. The van der Waals surface area contributed by atoms with E-state index in [0.29, 0.717) is 35.7 Å². The molecule has 10 nitrogen and oxygen atoms in total.